The van der Waals surface area contributed by atoms with Crippen molar-refractivity contribution in [3.05, 3.63) is 28.3 Å². The molecule has 3 heterocycles. The van der Waals surface area contributed by atoms with Crippen molar-refractivity contribution in [1.29, 1.82) is 0 Å². The lowest BCUT2D eigenvalue weighted by Crippen LogP contribution is -2.21. The summed E-state index contributed by atoms with van der Waals surface area (Å²) in [5, 5.41) is 5.67. The Morgan fingerprint density at radius 3 is 2.86 bits per heavy atom. The van der Waals surface area contributed by atoms with Gasteiger partial charge in [0, 0.05) is 12.7 Å². The molecule has 3 rings (SSSR count). The van der Waals surface area contributed by atoms with E-state index in [0.29, 0.717) is 22.0 Å². The average molecular weight is 303 g/mol. The van der Waals surface area contributed by atoms with E-state index in [4.69, 9.17) is 0 Å². The van der Waals surface area contributed by atoms with Crippen molar-refractivity contribution in [3.63, 3.8) is 0 Å². The molecule has 3 aromatic rings. The predicted molar refractivity (Wildman–Crippen MR) is 84.0 cm³/mol. The van der Waals surface area contributed by atoms with E-state index in [1.165, 1.54) is 11.8 Å². The molecule has 3 aromatic heterocycles. The van der Waals surface area contributed by atoms with Gasteiger partial charge in [0.25, 0.3) is 11.3 Å². The Balaban J connectivity index is 2.31. The number of hydrogen-bond donors (Lipinski definition) is 0. The largest absolute Gasteiger partial charge is 0.315 e. The summed E-state index contributed by atoms with van der Waals surface area (Å²) in [5.74, 6) is 0.537. The van der Waals surface area contributed by atoms with Gasteiger partial charge >= 0.3 is 0 Å². The zero-order valence-corrected chi connectivity index (χ0v) is 13.1. The number of unbranched alkanes of at least 4 members (excludes halogenated alkanes) is 1. The molecule has 0 unspecified atom stereocenters. The van der Waals surface area contributed by atoms with E-state index in [2.05, 4.69) is 22.0 Å². The van der Waals surface area contributed by atoms with Crippen LogP contribution in [0.3, 0.4) is 0 Å². The van der Waals surface area contributed by atoms with Crippen LogP contribution in [0.15, 0.2) is 22.2 Å². The van der Waals surface area contributed by atoms with E-state index < -0.39 is 0 Å². The Kier molecular flexibility index (Phi) is 3.67. The second-order valence-electron chi connectivity index (χ2n) is 4.94. The third-order valence-corrected chi connectivity index (χ3v) is 4.04. The summed E-state index contributed by atoms with van der Waals surface area (Å²) < 4.78 is 3.40. The molecule has 0 aliphatic carbocycles. The first kappa shape index (κ1) is 14.1. The van der Waals surface area contributed by atoms with Crippen molar-refractivity contribution in [2.75, 3.05) is 6.26 Å². The molecule has 0 bridgehead atoms. The molecule has 0 N–H and O–H groups in total. The quantitative estimate of drug-likeness (QED) is 0.692. The lowest BCUT2D eigenvalue weighted by Gasteiger charge is -2.08. The monoisotopic (exact) mass is 303 g/mol. The van der Waals surface area contributed by atoms with Crippen LogP contribution in [-0.4, -0.2) is 30.4 Å². The van der Waals surface area contributed by atoms with Gasteiger partial charge in [-0.15, -0.1) is 5.10 Å². The zero-order chi connectivity index (χ0) is 15.0. The fraction of sp³-hybridized carbons (Fsp3) is 0.429. The lowest BCUT2D eigenvalue weighted by molar-refractivity contribution is 0.616. The second kappa shape index (κ2) is 5.48. The highest BCUT2D eigenvalue weighted by Crippen LogP contribution is 2.17. The minimum absolute atomic E-state index is 0.00551. The highest BCUT2D eigenvalue weighted by Gasteiger charge is 2.13. The molecule has 0 aliphatic heterocycles. The van der Waals surface area contributed by atoms with Crippen LogP contribution >= 0.6 is 11.8 Å². The zero-order valence-electron chi connectivity index (χ0n) is 12.3. The molecule has 21 heavy (non-hydrogen) atoms. The predicted octanol–water partition coefficient (Wildman–Crippen LogP) is 2.27. The van der Waals surface area contributed by atoms with Crippen LogP contribution in [0.2, 0.25) is 0 Å². The van der Waals surface area contributed by atoms with E-state index >= 15 is 0 Å². The first-order valence-corrected chi connectivity index (χ1v) is 8.18. The molecule has 0 atom stereocenters. The molecule has 0 saturated heterocycles. The Hall–Kier alpha value is -1.89. The van der Waals surface area contributed by atoms with Gasteiger partial charge in [-0.25, -0.2) is 4.98 Å². The third kappa shape index (κ3) is 2.31. The first-order chi connectivity index (χ1) is 10.2. The van der Waals surface area contributed by atoms with Crippen molar-refractivity contribution < 1.29 is 0 Å². The molecule has 7 heteroatoms. The van der Waals surface area contributed by atoms with Gasteiger partial charge < -0.3 is 4.57 Å². The SMILES string of the molecule is CCCCn1ccc2c(c(C)nc3nc(SC)nn32)c1=O. The summed E-state index contributed by atoms with van der Waals surface area (Å²) in [7, 11) is 0. The van der Waals surface area contributed by atoms with Gasteiger partial charge in [0.2, 0.25) is 5.16 Å². The summed E-state index contributed by atoms with van der Waals surface area (Å²) in [6.45, 7) is 4.69. The van der Waals surface area contributed by atoms with Gasteiger partial charge in [-0.2, -0.15) is 9.50 Å². The summed E-state index contributed by atoms with van der Waals surface area (Å²) in [6.07, 6.45) is 5.79. The van der Waals surface area contributed by atoms with Crippen LogP contribution < -0.4 is 5.56 Å². The summed E-state index contributed by atoms with van der Waals surface area (Å²) in [5.41, 5.74) is 1.46. The molecule has 0 aliphatic rings. The van der Waals surface area contributed by atoms with E-state index in [1.807, 2.05) is 25.4 Å². The van der Waals surface area contributed by atoms with Crippen LogP contribution in [0.4, 0.5) is 0 Å². The van der Waals surface area contributed by atoms with Crippen molar-refractivity contribution in [1.82, 2.24) is 24.1 Å². The molecule has 110 valence electrons. The molecule has 0 aromatic carbocycles. The maximum atomic E-state index is 12.6. The van der Waals surface area contributed by atoms with Crippen molar-refractivity contribution >= 4 is 28.4 Å². The standard InChI is InChI=1S/C14H17N5OS/c1-4-5-7-18-8-6-10-11(12(18)20)9(2)15-13-16-14(21-3)17-19(10)13/h6,8H,4-5,7H2,1-3H3. The molecular weight excluding hydrogens is 286 g/mol. The number of pyridine rings is 1. The third-order valence-electron chi connectivity index (χ3n) is 3.51. The second-order valence-corrected chi connectivity index (χ2v) is 5.71. The van der Waals surface area contributed by atoms with Crippen LogP contribution in [0.1, 0.15) is 25.5 Å². The summed E-state index contributed by atoms with van der Waals surface area (Å²) in [4.78, 5) is 21.4. The van der Waals surface area contributed by atoms with Gasteiger partial charge in [0.1, 0.15) is 0 Å². The van der Waals surface area contributed by atoms with Crippen LogP contribution in [0.5, 0.6) is 0 Å². The average Bonchev–Trinajstić information content (AvgIpc) is 2.89. The fourth-order valence-electron chi connectivity index (χ4n) is 2.40. The lowest BCUT2D eigenvalue weighted by atomic mass is 10.2. The first-order valence-electron chi connectivity index (χ1n) is 6.96. The minimum Gasteiger partial charge on any atom is -0.315 e. The van der Waals surface area contributed by atoms with Crippen molar-refractivity contribution in [2.45, 2.75) is 38.4 Å². The fourth-order valence-corrected chi connectivity index (χ4v) is 2.73. The Bertz CT molecular complexity index is 867. The van der Waals surface area contributed by atoms with E-state index in [9.17, 15) is 4.79 Å². The van der Waals surface area contributed by atoms with E-state index in [0.717, 1.165) is 24.9 Å². The highest BCUT2D eigenvalue weighted by atomic mass is 32.2. The summed E-state index contributed by atoms with van der Waals surface area (Å²) in [6, 6.07) is 1.92. The molecule has 0 spiro atoms. The van der Waals surface area contributed by atoms with E-state index in [-0.39, 0.29) is 5.56 Å². The van der Waals surface area contributed by atoms with Crippen molar-refractivity contribution in [2.24, 2.45) is 0 Å². The molecule has 0 fully saturated rings. The van der Waals surface area contributed by atoms with Gasteiger partial charge in [-0.05, 0) is 25.7 Å². The number of thioether (sulfide) groups is 1. The van der Waals surface area contributed by atoms with E-state index in [1.54, 1.807) is 9.08 Å². The normalized spacial score (nSPS) is 11.6. The number of aromatic nitrogens is 5. The van der Waals surface area contributed by atoms with Gasteiger partial charge in [0.15, 0.2) is 0 Å². The maximum absolute atomic E-state index is 12.6. The number of aryl methyl sites for hydroxylation is 2. The van der Waals surface area contributed by atoms with Crippen molar-refractivity contribution in [3.8, 4) is 0 Å². The smallest absolute Gasteiger partial charge is 0.261 e. The number of fused-ring (bicyclic) bond motifs is 3. The van der Waals surface area contributed by atoms with Gasteiger partial charge in [-0.3, -0.25) is 4.79 Å². The molecule has 0 amide bonds. The molecule has 6 nitrogen and oxygen atoms in total. The number of rotatable bonds is 4. The molecule has 0 saturated carbocycles. The Morgan fingerprint density at radius 2 is 2.14 bits per heavy atom. The van der Waals surface area contributed by atoms with Crippen LogP contribution in [0.25, 0.3) is 16.7 Å². The molecule has 0 radical (unpaired) electrons. The highest BCUT2D eigenvalue weighted by molar-refractivity contribution is 7.98. The maximum Gasteiger partial charge on any atom is 0.261 e. The topological polar surface area (TPSA) is 65.1 Å². The van der Waals surface area contributed by atoms with Crippen LogP contribution in [0, 0.1) is 6.92 Å². The van der Waals surface area contributed by atoms with Gasteiger partial charge in [0.05, 0.1) is 16.6 Å². The van der Waals surface area contributed by atoms with Crippen LogP contribution in [-0.2, 0) is 6.54 Å². The molecular formula is C14H17N5OS. The van der Waals surface area contributed by atoms with Gasteiger partial charge in [-0.1, -0.05) is 25.1 Å². The number of hydrogen-bond acceptors (Lipinski definition) is 5. The summed E-state index contributed by atoms with van der Waals surface area (Å²) >= 11 is 1.46. The Labute approximate surface area is 126 Å². The minimum atomic E-state index is -0.00551. The Morgan fingerprint density at radius 1 is 1.33 bits per heavy atom. The number of nitrogens with zero attached hydrogens (tertiary/aromatic N) is 5.